The predicted octanol–water partition coefficient (Wildman–Crippen LogP) is 14.8. The van der Waals surface area contributed by atoms with Crippen LogP contribution in [0.2, 0.25) is 0 Å². The third-order valence-corrected chi connectivity index (χ3v) is 12.6. The SMILES string of the molecule is CCC(C)(CC)C(=O)/C=C(\O)C(C)(CC)CC.Cc1c(CC(C)C)oc2ccc(-c3cc(-c4[c-]c5ccccc5c(C(C)(C)C)c4)nc4sccc34)cc12.[Ir]. The molecule has 0 aliphatic carbocycles. The molecule has 0 saturated carbocycles. The number of thiophene rings is 1. The molecule has 0 atom stereocenters. The molecule has 295 valence electrons. The Balaban J connectivity index is 0.000000320. The van der Waals surface area contributed by atoms with Gasteiger partial charge in [0.1, 0.15) is 21.9 Å². The van der Waals surface area contributed by atoms with Crippen molar-refractivity contribution in [2.45, 2.75) is 121 Å². The number of furan rings is 1. The van der Waals surface area contributed by atoms with Crippen molar-refractivity contribution in [2.75, 3.05) is 0 Å². The third-order valence-electron chi connectivity index (χ3n) is 11.8. The van der Waals surface area contributed by atoms with E-state index in [9.17, 15) is 9.90 Å². The monoisotopic (exact) mass is 935 g/mol. The fourth-order valence-corrected chi connectivity index (χ4v) is 7.79. The van der Waals surface area contributed by atoms with E-state index in [1.165, 1.54) is 44.5 Å². The number of hydrogen-bond donors (Lipinski definition) is 1. The molecule has 0 aliphatic rings. The summed E-state index contributed by atoms with van der Waals surface area (Å²) in [6.45, 7) is 25.6. The molecule has 3 aromatic carbocycles. The zero-order valence-electron chi connectivity index (χ0n) is 35.0. The molecular formula is C49H60IrNO3S-. The molecule has 6 heteroatoms. The number of carbonyl (C=O) groups excluding carboxylic acids is 1. The van der Waals surface area contributed by atoms with Gasteiger partial charge in [0.2, 0.25) is 0 Å². The number of fused-ring (bicyclic) bond motifs is 3. The Morgan fingerprint density at radius 3 is 2.15 bits per heavy atom. The molecule has 55 heavy (non-hydrogen) atoms. The quantitative estimate of drug-likeness (QED) is 0.0799. The molecule has 1 N–H and O–H groups in total. The van der Waals surface area contributed by atoms with Crippen LogP contribution >= 0.6 is 11.3 Å². The molecule has 6 aromatic rings. The minimum atomic E-state index is -0.337. The van der Waals surface area contributed by atoms with Crippen LogP contribution in [-0.4, -0.2) is 15.9 Å². The van der Waals surface area contributed by atoms with E-state index in [4.69, 9.17) is 9.40 Å². The van der Waals surface area contributed by atoms with Crippen LogP contribution in [0.1, 0.15) is 119 Å². The molecule has 0 amide bonds. The molecule has 0 saturated heterocycles. The zero-order valence-corrected chi connectivity index (χ0v) is 38.2. The summed E-state index contributed by atoms with van der Waals surface area (Å²) in [4.78, 5) is 18.3. The fraction of sp³-hybridized carbons (Fsp3) is 0.429. The van der Waals surface area contributed by atoms with Gasteiger partial charge in [0, 0.05) is 59.9 Å². The van der Waals surface area contributed by atoms with Crippen LogP contribution in [0.15, 0.2) is 82.3 Å². The first-order valence-corrected chi connectivity index (χ1v) is 20.7. The molecule has 6 rings (SSSR count). The Bertz CT molecular complexity index is 2290. The maximum Gasteiger partial charge on any atom is 0.164 e. The first kappa shape index (κ1) is 44.1. The molecule has 4 nitrogen and oxygen atoms in total. The van der Waals surface area contributed by atoms with Gasteiger partial charge in [-0.05, 0) is 84.2 Å². The second-order valence-corrected chi connectivity index (χ2v) is 17.9. The molecule has 0 unspecified atom stereocenters. The molecule has 0 spiro atoms. The summed E-state index contributed by atoms with van der Waals surface area (Å²) in [6.07, 6.45) is 5.71. The molecule has 0 fully saturated rings. The van der Waals surface area contributed by atoms with Gasteiger partial charge in [0.05, 0.1) is 0 Å². The average Bonchev–Trinajstić information content (AvgIpc) is 3.76. The third kappa shape index (κ3) is 9.36. The number of nitrogens with zero attached hydrogens (tertiary/aromatic N) is 1. The van der Waals surface area contributed by atoms with Gasteiger partial charge < -0.3 is 9.52 Å². The van der Waals surface area contributed by atoms with E-state index in [0.29, 0.717) is 5.92 Å². The van der Waals surface area contributed by atoms with Gasteiger partial charge in [-0.1, -0.05) is 117 Å². The number of carbonyl (C=O) groups is 1. The van der Waals surface area contributed by atoms with E-state index in [0.717, 1.165) is 64.9 Å². The average molecular weight is 935 g/mol. The number of hydrogen-bond acceptors (Lipinski definition) is 5. The largest absolute Gasteiger partial charge is 0.512 e. The number of rotatable bonds is 11. The summed E-state index contributed by atoms with van der Waals surface area (Å²) < 4.78 is 6.24. The Kier molecular flexibility index (Phi) is 14.2. The normalized spacial score (nSPS) is 12.6. The van der Waals surface area contributed by atoms with Crippen molar-refractivity contribution in [2.24, 2.45) is 16.7 Å². The van der Waals surface area contributed by atoms with Gasteiger partial charge in [0.15, 0.2) is 5.78 Å². The number of aliphatic hydroxyl groups is 1. The zero-order chi connectivity index (χ0) is 39.6. The molecule has 1 radical (unpaired) electrons. The van der Waals surface area contributed by atoms with Crippen molar-refractivity contribution in [1.82, 2.24) is 4.98 Å². The number of aromatic nitrogens is 1. The van der Waals surface area contributed by atoms with E-state index in [1.807, 2.05) is 41.5 Å². The van der Waals surface area contributed by atoms with Crippen molar-refractivity contribution < 1.29 is 34.4 Å². The second kappa shape index (κ2) is 17.7. The molecular weight excluding hydrogens is 875 g/mol. The predicted molar refractivity (Wildman–Crippen MR) is 232 cm³/mol. The molecule has 0 bridgehead atoms. The second-order valence-electron chi connectivity index (χ2n) is 17.0. The molecule has 3 heterocycles. The van der Waals surface area contributed by atoms with Gasteiger partial charge in [-0.3, -0.25) is 9.78 Å². The molecule has 0 aliphatic heterocycles. The van der Waals surface area contributed by atoms with Gasteiger partial charge in [-0.25, -0.2) is 0 Å². The smallest absolute Gasteiger partial charge is 0.164 e. The summed E-state index contributed by atoms with van der Waals surface area (Å²) in [5, 5.41) is 17.0. The van der Waals surface area contributed by atoms with Crippen LogP contribution in [0, 0.1) is 29.7 Å². The minimum Gasteiger partial charge on any atom is -0.512 e. The van der Waals surface area contributed by atoms with E-state index >= 15 is 0 Å². The van der Waals surface area contributed by atoms with E-state index in [1.54, 1.807) is 11.3 Å². The van der Waals surface area contributed by atoms with E-state index in [2.05, 4.69) is 114 Å². The summed E-state index contributed by atoms with van der Waals surface area (Å²) in [7, 11) is 0. The van der Waals surface area contributed by atoms with Crippen LogP contribution in [0.5, 0.6) is 0 Å². The van der Waals surface area contributed by atoms with Crippen molar-refractivity contribution in [3.63, 3.8) is 0 Å². The number of pyridine rings is 1. The van der Waals surface area contributed by atoms with Crippen LogP contribution < -0.4 is 0 Å². The van der Waals surface area contributed by atoms with Crippen LogP contribution in [0.3, 0.4) is 0 Å². The van der Waals surface area contributed by atoms with Crippen molar-refractivity contribution in [3.8, 4) is 22.4 Å². The van der Waals surface area contributed by atoms with Crippen molar-refractivity contribution in [3.05, 3.63) is 101 Å². The number of ketones is 1. The Morgan fingerprint density at radius 2 is 1.53 bits per heavy atom. The first-order valence-electron chi connectivity index (χ1n) is 19.8. The summed E-state index contributed by atoms with van der Waals surface area (Å²) in [5.41, 5.74) is 7.34. The first-order chi connectivity index (χ1) is 25.5. The van der Waals surface area contributed by atoms with Gasteiger partial charge >= 0.3 is 0 Å². The van der Waals surface area contributed by atoms with E-state index < -0.39 is 0 Å². The summed E-state index contributed by atoms with van der Waals surface area (Å²) in [6, 6.07) is 25.6. The van der Waals surface area contributed by atoms with Gasteiger partial charge in [-0.2, -0.15) is 0 Å². The minimum absolute atomic E-state index is 0. The van der Waals surface area contributed by atoms with Gasteiger partial charge in [-0.15, -0.1) is 40.5 Å². The topological polar surface area (TPSA) is 63.3 Å². The van der Waals surface area contributed by atoms with E-state index in [-0.39, 0.29) is 47.9 Å². The number of aryl methyl sites for hydroxylation is 1. The van der Waals surface area contributed by atoms with Crippen LogP contribution in [0.25, 0.3) is 54.3 Å². The van der Waals surface area contributed by atoms with Gasteiger partial charge in [0.25, 0.3) is 0 Å². The van der Waals surface area contributed by atoms with Crippen molar-refractivity contribution in [1.29, 1.82) is 0 Å². The standard InChI is InChI=1S/C34H32NOS.C15H28O2.Ir/c1-20(2)15-32-21(3)27-17-23(11-12-31(27)36-32)28-19-30(35-33-26(28)13-14-37-33)24-16-22-9-7-8-10-25(22)29(18-24)34(4,5)6;1-7-14(5,8-2)12(16)11-13(17)15(6,9-3)10-4;/h7-14,17-20H,15H2,1-6H3;11,16H,7-10H2,1-6H3;/q-1;;/b;12-11-;. The maximum absolute atomic E-state index is 12.2. The number of aliphatic hydroxyl groups excluding tert-OH is 1. The Labute approximate surface area is 347 Å². The van der Waals surface area contributed by atoms with Crippen LogP contribution in [-0.2, 0) is 36.7 Å². The fourth-order valence-electron chi connectivity index (χ4n) is 7.00. The summed E-state index contributed by atoms with van der Waals surface area (Å²) in [5.74, 6) is 1.94. The summed E-state index contributed by atoms with van der Waals surface area (Å²) >= 11 is 1.69. The maximum atomic E-state index is 12.2. The van der Waals surface area contributed by atoms with Crippen molar-refractivity contribution >= 4 is 49.1 Å². The Hall–Kier alpha value is -3.57. The van der Waals surface area contributed by atoms with Crippen LogP contribution in [0.4, 0.5) is 0 Å². The number of benzene rings is 3. The molecule has 3 aromatic heterocycles. The number of allylic oxidation sites excluding steroid dienone is 2. The Morgan fingerprint density at radius 1 is 0.873 bits per heavy atom.